The average Bonchev–Trinajstić information content (AvgIpc) is 2.37. The summed E-state index contributed by atoms with van der Waals surface area (Å²) in [6.07, 6.45) is 5.18. The molecule has 0 aromatic rings. The summed E-state index contributed by atoms with van der Waals surface area (Å²) in [5.41, 5.74) is 1.28. The van der Waals surface area contributed by atoms with Crippen molar-refractivity contribution < 1.29 is 9.59 Å². The van der Waals surface area contributed by atoms with Crippen molar-refractivity contribution in [3.05, 3.63) is 36.0 Å². The molecule has 0 aromatic heterocycles. The molecule has 1 N–H and O–H groups in total. The molecule has 0 bridgehead atoms. The molecule has 0 unspecified atom stereocenters. The third-order valence-electron chi connectivity index (χ3n) is 1.83. The van der Waals surface area contributed by atoms with Crippen LogP contribution in [-0.4, -0.2) is 11.8 Å². The smallest absolute Gasteiger partial charge is 0.258 e. The summed E-state index contributed by atoms with van der Waals surface area (Å²) >= 11 is 0. The lowest BCUT2D eigenvalue weighted by atomic mass is 9.97. The Balaban J connectivity index is -0.000000409. The second-order valence-electron chi connectivity index (χ2n) is 2.68. The van der Waals surface area contributed by atoms with E-state index in [4.69, 9.17) is 0 Å². The Hall–Kier alpha value is -1.64. The van der Waals surface area contributed by atoms with Crippen LogP contribution in [0, 0.1) is 0 Å². The van der Waals surface area contributed by atoms with Crippen LogP contribution in [-0.2, 0) is 9.59 Å². The Morgan fingerprint density at radius 2 is 1.67 bits per heavy atom. The number of imide groups is 1. The van der Waals surface area contributed by atoms with Gasteiger partial charge >= 0.3 is 0 Å². The van der Waals surface area contributed by atoms with Gasteiger partial charge in [-0.3, -0.25) is 14.9 Å². The largest absolute Gasteiger partial charge is 0.292 e. The topological polar surface area (TPSA) is 46.2 Å². The summed E-state index contributed by atoms with van der Waals surface area (Å²) in [5, 5.41) is 2.24. The maximum absolute atomic E-state index is 11.3. The monoisotopic (exact) mass is 253 g/mol. The highest BCUT2D eigenvalue weighted by molar-refractivity contribution is 6.11. The van der Waals surface area contributed by atoms with Gasteiger partial charge in [-0.25, -0.2) is 0 Å². The van der Waals surface area contributed by atoms with Gasteiger partial charge in [-0.15, -0.1) is 0 Å². The van der Waals surface area contributed by atoms with Gasteiger partial charge in [-0.2, -0.15) is 0 Å². The number of piperidine rings is 1. The molecule has 0 aliphatic carbocycles. The van der Waals surface area contributed by atoms with Crippen molar-refractivity contribution in [1.82, 2.24) is 5.32 Å². The van der Waals surface area contributed by atoms with Gasteiger partial charge in [0.05, 0.1) is 6.42 Å². The molecule has 0 aromatic carbocycles. The van der Waals surface area contributed by atoms with Crippen LogP contribution < -0.4 is 5.32 Å². The molecule has 1 heterocycles. The number of amides is 2. The van der Waals surface area contributed by atoms with E-state index in [1.807, 2.05) is 27.7 Å². The van der Waals surface area contributed by atoms with Crippen LogP contribution in [0.4, 0.5) is 0 Å². The van der Waals surface area contributed by atoms with Crippen LogP contribution in [0.3, 0.4) is 0 Å². The lowest BCUT2D eigenvalue weighted by Gasteiger charge is -2.16. The van der Waals surface area contributed by atoms with Crippen molar-refractivity contribution in [2.75, 3.05) is 0 Å². The molecule has 0 saturated carbocycles. The average molecular weight is 253 g/mol. The highest BCUT2D eigenvalue weighted by atomic mass is 16.2. The number of hydrogen-bond acceptors (Lipinski definition) is 2. The molecular formula is C15H27NO2. The van der Waals surface area contributed by atoms with Crippen LogP contribution in [0.2, 0.25) is 0 Å². The van der Waals surface area contributed by atoms with Gasteiger partial charge in [0, 0.05) is 5.57 Å². The first-order valence-electron chi connectivity index (χ1n) is 6.01. The van der Waals surface area contributed by atoms with Gasteiger partial charge in [0.2, 0.25) is 5.91 Å². The van der Waals surface area contributed by atoms with Gasteiger partial charge in [0.25, 0.3) is 5.91 Å². The highest BCUT2D eigenvalue weighted by Crippen LogP contribution is 2.18. The van der Waals surface area contributed by atoms with Crippen molar-refractivity contribution in [2.45, 2.75) is 48.5 Å². The van der Waals surface area contributed by atoms with E-state index < -0.39 is 0 Å². The second-order valence-corrected chi connectivity index (χ2v) is 2.68. The summed E-state index contributed by atoms with van der Waals surface area (Å²) in [5.74, 6) is -0.594. The van der Waals surface area contributed by atoms with Gasteiger partial charge in [-0.05, 0) is 18.6 Å². The Bertz CT molecular complexity index is 325. The Kier molecular flexibility index (Phi) is 16.1. The van der Waals surface area contributed by atoms with E-state index in [9.17, 15) is 9.59 Å². The Morgan fingerprint density at radius 1 is 1.17 bits per heavy atom. The van der Waals surface area contributed by atoms with E-state index in [1.54, 1.807) is 19.1 Å². The third-order valence-corrected chi connectivity index (χ3v) is 1.83. The normalized spacial score (nSPS) is 17.6. The van der Waals surface area contributed by atoms with Crippen LogP contribution in [0.25, 0.3) is 0 Å². The van der Waals surface area contributed by atoms with Crippen LogP contribution >= 0.6 is 0 Å². The number of carbonyl (C=O) groups excluding carboxylic acids is 2. The zero-order valence-electron chi connectivity index (χ0n) is 11.5. The number of carbonyl (C=O) groups is 2. The van der Waals surface area contributed by atoms with E-state index in [2.05, 4.69) is 11.9 Å². The number of hydrogen-bond donors (Lipinski definition) is 1. The van der Waals surface area contributed by atoms with E-state index in [1.165, 1.54) is 6.08 Å². The molecule has 0 radical (unpaired) electrons. The summed E-state index contributed by atoms with van der Waals surface area (Å²) in [7, 11) is 0. The van der Waals surface area contributed by atoms with Crippen molar-refractivity contribution >= 4 is 11.8 Å². The van der Waals surface area contributed by atoms with E-state index in [0.717, 1.165) is 5.57 Å². The van der Waals surface area contributed by atoms with Crippen LogP contribution in [0.15, 0.2) is 36.0 Å². The second kappa shape index (κ2) is 13.4. The fourth-order valence-electron chi connectivity index (χ4n) is 1.21. The number of rotatable bonds is 1. The van der Waals surface area contributed by atoms with Gasteiger partial charge in [-0.1, -0.05) is 53.9 Å². The van der Waals surface area contributed by atoms with E-state index >= 15 is 0 Å². The maximum Gasteiger partial charge on any atom is 0.258 e. The van der Waals surface area contributed by atoms with E-state index in [0.29, 0.717) is 5.57 Å². The van der Waals surface area contributed by atoms with Crippen LogP contribution in [0.1, 0.15) is 48.5 Å². The van der Waals surface area contributed by atoms with Gasteiger partial charge < -0.3 is 0 Å². The summed E-state index contributed by atoms with van der Waals surface area (Å²) in [4.78, 5) is 22.2. The first-order valence-corrected chi connectivity index (χ1v) is 6.01. The molecule has 1 rings (SSSR count). The molecule has 104 valence electrons. The molecule has 18 heavy (non-hydrogen) atoms. The zero-order chi connectivity index (χ0) is 13.8. The lowest BCUT2D eigenvalue weighted by Crippen LogP contribution is -2.37. The predicted molar refractivity (Wildman–Crippen MR) is 79.2 cm³/mol. The molecule has 0 atom stereocenters. The quantitative estimate of drug-likeness (QED) is 0.571. The molecule has 1 saturated heterocycles. The summed E-state index contributed by atoms with van der Waals surface area (Å²) in [6, 6.07) is 0. The predicted octanol–water partition coefficient (Wildman–Crippen LogP) is 3.78. The Labute approximate surface area is 112 Å². The summed E-state index contributed by atoms with van der Waals surface area (Å²) < 4.78 is 0. The molecule has 2 amide bonds. The Morgan fingerprint density at radius 3 is 2.06 bits per heavy atom. The molecule has 1 fully saturated rings. The van der Waals surface area contributed by atoms with Crippen molar-refractivity contribution in [3.63, 3.8) is 0 Å². The minimum Gasteiger partial charge on any atom is -0.292 e. The summed E-state index contributed by atoms with van der Waals surface area (Å²) in [6.45, 7) is 13.3. The lowest BCUT2D eigenvalue weighted by molar-refractivity contribution is -0.129. The molecule has 0 spiro atoms. The SMILES string of the molecule is C.C=C/C=C1/C(=O)NC(=O)C/C1=C/C.CC.CC. The molecular weight excluding hydrogens is 226 g/mol. The molecule has 1 aliphatic rings. The van der Waals surface area contributed by atoms with Crippen LogP contribution in [0.5, 0.6) is 0 Å². The first-order chi connectivity index (χ1) is 8.19. The van der Waals surface area contributed by atoms with Crippen molar-refractivity contribution in [2.24, 2.45) is 0 Å². The first kappa shape index (κ1) is 21.6. The fraction of sp³-hybridized carbons (Fsp3) is 0.467. The van der Waals surface area contributed by atoms with Crippen molar-refractivity contribution in [3.8, 4) is 0 Å². The third kappa shape index (κ3) is 6.84. The molecule has 3 nitrogen and oxygen atoms in total. The molecule has 1 aliphatic heterocycles. The minimum atomic E-state index is -0.343. The van der Waals surface area contributed by atoms with Gasteiger partial charge in [0.15, 0.2) is 0 Å². The zero-order valence-corrected chi connectivity index (χ0v) is 11.5. The minimum absolute atomic E-state index is 0. The van der Waals surface area contributed by atoms with E-state index in [-0.39, 0.29) is 25.7 Å². The number of nitrogens with one attached hydrogen (secondary N) is 1. The van der Waals surface area contributed by atoms with Gasteiger partial charge in [0.1, 0.15) is 0 Å². The maximum atomic E-state index is 11.3. The standard InChI is InChI=1S/C10H11NO2.2C2H6.CH4/c1-3-5-8-7(4-2)6-9(12)11-10(8)13;2*1-2;/h3-5H,1,6H2,2H3,(H,11,12,13);2*1-2H3;1H4/b7-4-,8-5+;;;. The van der Waals surface area contributed by atoms with Crippen molar-refractivity contribution in [1.29, 1.82) is 0 Å². The fourth-order valence-corrected chi connectivity index (χ4v) is 1.21. The molecule has 3 heteroatoms. The number of allylic oxidation sites excluding steroid dienone is 3. The highest BCUT2D eigenvalue weighted by Gasteiger charge is 2.23.